The lowest BCUT2D eigenvalue weighted by Crippen LogP contribution is -2.39. The summed E-state index contributed by atoms with van der Waals surface area (Å²) in [5.74, 6) is 0. The first-order valence-electron chi connectivity index (χ1n) is 11.7. The van der Waals surface area contributed by atoms with E-state index in [0.29, 0.717) is 31.9 Å². The molecule has 3 aromatic carbocycles. The van der Waals surface area contributed by atoms with Gasteiger partial charge in [0.05, 0.1) is 11.4 Å². The Morgan fingerprint density at radius 2 is 1.37 bits per heavy atom. The van der Waals surface area contributed by atoms with Crippen LogP contribution in [-0.2, 0) is 17.8 Å². The lowest BCUT2D eigenvalue weighted by atomic mass is 10.2. The summed E-state index contributed by atoms with van der Waals surface area (Å²) >= 11 is 0. The van der Waals surface area contributed by atoms with Gasteiger partial charge in [-0.25, -0.2) is 9.59 Å². The van der Waals surface area contributed by atoms with E-state index in [1.54, 1.807) is 4.90 Å². The number of hydrogen-bond donors (Lipinski definition) is 3. The van der Waals surface area contributed by atoms with Crippen molar-refractivity contribution in [2.24, 2.45) is 0 Å². The number of nitrogens with one attached hydrogen (secondary N) is 3. The smallest absolute Gasteiger partial charge is 0.410 e. The summed E-state index contributed by atoms with van der Waals surface area (Å²) in [6.07, 6.45) is -0.366. The second-order valence-corrected chi connectivity index (χ2v) is 9.15. The normalized spacial score (nSPS) is 10.8. The number of rotatable bonds is 9. The number of ether oxygens (including phenoxy) is 1. The highest BCUT2D eigenvalue weighted by Gasteiger charge is 2.22. The third kappa shape index (κ3) is 9.04. The van der Waals surface area contributed by atoms with E-state index in [2.05, 4.69) is 16.0 Å². The maximum absolute atomic E-state index is 12.8. The molecule has 0 radical (unpaired) electrons. The van der Waals surface area contributed by atoms with Gasteiger partial charge in [-0.3, -0.25) is 0 Å². The standard InChI is InChI=1S/C28H34N4O3/c1-28(2,3)35-27(34)32(21-23-14-8-5-9-15-23)19-18-29-24-16-10-11-17-25(24)31-26(33)30-20-22-12-6-4-7-13-22/h4-17,29H,18-21H2,1-3H3,(H2,30,31,33). The van der Waals surface area contributed by atoms with E-state index in [1.165, 1.54) is 0 Å². The van der Waals surface area contributed by atoms with Crippen molar-refractivity contribution >= 4 is 23.5 Å². The highest BCUT2D eigenvalue weighted by atomic mass is 16.6. The van der Waals surface area contributed by atoms with Crippen LogP contribution in [0.2, 0.25) is 0 Å². The van der Waals surface area contributed by atoms with Crippen LogP contribution < -0.4 is 16.0 Å². The summed E-state index contributed by atoms with van der Waals surface area (Å²) in [7, 11) is 0. The number of para-hydroxylation sites is 2. The van der Waals surface area contributed by atoms with Crippen molar-refractivity contribution in [2.45, 2.75) is 39.5 Å². The molecule has 3 rings (SSSR count). The number of anilines is 2. The molecule has 7 nitrogen and oxygen atoms in total. The van der Waals surface area contributed by atoms with Crippen LogP contribution in [0.1, 0.15) is 31.9 Å². The monoisotopic (exact) mass is 474 g/mol. The Morgan fingerprint density at radius 1 is 0.800 bits per heavy atom. The molecule has 0 fully saturated rings. The van der Waals surface area contributed by atoms with Gasteiger partial charge in [-0.15, -0.1) is 0 Å². The largest absolute Gasteiger partial charge is 0.444 e. The molecular weight excluding hydrogens is 440 g/mol. The van der Waals surface area contributed by atoms with Gasteiger partial charge in [-0.05, 0) is 44.0 Å². The predicted molar refractivity (Wildman–Crippen MR) is 140 cm³/mol. The maximum Gasteiger partial charge on any atom is 0.410 e. The molecule has 0 spiro atoms. The zero-order valence-electron chi connectivity index (χ0n) is 20.6. The van der Waals surface area contributed by atoms with E-state index in [9.17, 15) is 9.59 Å². The Kier molecular flexibility index (Phi) is 9.12. The summed E-state index contributed by atoms with van der Waals surface area (Å²) < 4.78 is 5.61. The third-order valence-corrected chi connectivity index (χ3v) is 5.04. The highest BCUT2D eigenvalue weighted by molar-refractivity contribution is 5.93. The van der Waals surface area contributed by atoms with Gasteiger partial charge in [0.15, 0.2) is 0 Å². The molecule has 0 bridgehead atoms. The molecule has 0 saturated carbocycles. The molecule has 3 N–H and O–H groups in total. The van der Waals surface area contributed by atoms with Crippen LogP contribution in [0.15, 0.2) is 84.9 Å². The Hall–Kier alpha value is -4.00. The van der Waals surface area contributed by atoms with E-state index in [4.69, 9.17) is 4.74 Å². The van der Waals surface area contributed by atoms with Crippen LogP contribution in [0.3, 0.4) is 0 Å². The number of urea groups is 1. The maximum atomic E-state index is 12.8. The number of benzene rings is 3. The molecule has 0 saturated heterocycles. The summed E-state index contributed by atoms with van der Waals surface area (Å²) in [6, 6.07) is 26.7. The van der Waals surface area contributed by atoms with Gasteiger partial charge in [0, 0.05) is 26.2 Å². The van der Waals surface area contributed by atoms with E-state index >= 15 is 0 Å². The van der Waals surface area contributed by atoms with E-state index in [1.807, 2.05) is 106 Å². The van der Waals surface area contributed by atoms with Gasteiger partial charge in [0.2, 0.25) is 0 Å². The van der Waals surface area contributed by atoms with E-state index < -0.39 is 5.60 Å². The fourth-order valence-electron chi connectivity index (χ4n) is 3.38. The quantitative estimate of drug-likeness (QED) is 0.363. The molecule has 0 unspecified atom stereocenters. The minimum absolute atomic E-state index is 0.289. The Balaban J connectivity index is 1.58. The molecule has 7 heteroatoms. The van der Waals surface area contributed by atoms with Gasteiger partial charge < -0.3 is 25.6 Å². The Morgan fingerprint density at radius 3 is 2.00 bits per heavy atom. The van der Waals surface area contributed by atoms with Crippen molar-refractivity contribution in [3.05, 3.63) is 96.1 Å². The molecule has 184 valence electrons. The summed E-state index contributed by atoms with van der Waals surface area (Å²) in [6.45, 7) is 7.36. The molecule has 3 amide bonds. The predicted octanol–water partition coefficient (Wildman–Crippen LogP) is 5.86. The lowest BCUT2D eigenvalue weighted by molar-refractivity contribution is 0.0241. The zero-order valence-corrected chi connectivity index (χ0v) is 20.6. The minimum atomic E-state index is -0.580. The van der Waals surface area contributed by atoms with Crippen molar-refractivity contribution in [1.82, 2.24) is 10.2 Å². The van der Waals surface area contributed by atoms with Crippen molar-refractivity contribution in [3.8, 4) is 0 Å². The zero-order chi connectivity index (χ0) is 25.1. The fraction of sp³-hybridized carbons (Fsp3) is 0.286. The van der Waals surface area contributed by atoms with Crippen molar-refractivity contribution in [2.75, 3.05) is 23.7 Å². The molecule has 0 aliphatic rings. The molecule has 0 aromatic heterocycles. The van der Waals surface area contributed by atoms with E-state index in [-0.39, 0.29) is 12.1 Å². The summed E-state index contributed by atoms with van der Waals surface area (Å²) in [4.78, 5) is 26.9. The van der Waals surface area contributed by atoms with Crippen LogP contribution in [0.5, 0.6) is 0 Å². The van der Waals surface area contributed by atoms with Crippen LogP contribution in [-0.4, -0.2) is 35.7 Å². The number of hydrogen-bond acceptors (Lipinski definition) is 4. The van der Waals surface area contributed by atoms with Crippen molar-refractivity contribution < 1.29 is 14.3 Å². The Bertz CT molecular complexity index is 1080. The molecule has 0 aliphatic carbocycles. The van der Waals surface area contributed by atoms with Gasteiger partial charge in [-0.2, -0.15) is 0 Å². The van der Waals surface area contributed by atoms with Crippen LogP contribution in [0.25, 0.3) is 0 Å². The molecule has 0 heterocycles. The molecule has 0 aliphatic heterocycles. The fourth-order valence-corrected chi connectivity index (χ4v) is 3.38. The first-order valence-corrected chi connectivity index (χ1v) is 11.7. The first kappa shape index (κ1) is 25.6. The Labute approximate surface area is 207 Å². The lowest BCUT2D eigenvalue weighted by Gasteiger charge is -2.28. The van der Waals surface area contributed by atoms with Gasteiger partial charge >= 0.3 is 12.1 Å². The first-order chi connectivity index (χ1) is 16.8. The van der Waals surface area contributed by atoms with Crippen LogP contribution in [0.4, 0.5) is 21.0 Å². The highest BCUT2D eigenvalue weighted by Crippen LogP contribution is 2.21. The number of nitrogens with zero attached hydrogens (tertiary/aromatic N) is 1. The summed E-state index contributed by atoms with van der Waals surface area (Å²) in [5, 5.41) is 9.09. The molecule has 35 heavy (non-hydrogen) atoms. The second-order valence-electron chi connectivity index (χ2n) is 9.15. The number of amides is 3. The van der Waals surface area contributed by atoms with Gasteiger partial charge in [0.1, 0.15) is 5.60 Å². The molecule has 3 aromatic rings. The van der Waals surface area contributed by atoms with Crippen LogP contribution in [0, 0.1) is 0 Å². The van der Waals surface area contributed by atoms with Crippen molar-refractivity contribution in [1.29, 1.82) is 0 Å². The van der Waals surface area contributed by atoms with Crippen molar-refractivity contribution in [3.63, 3.8) is 0 Å². The number of carbonyl (C=O) groups is 2. The SMILES string of the molecule is CC(C)(C)OC(=O)N(CCNc1ccccc1NC(=O)NCc1ccccc1)Cc1ccccc1. The second kappa shape index (κ2) is 12.5. The molecular formula is C28H34N4O3. The van der Waals surface area contributed by atoms with Crippen LogP contribution >= 0.6 is 0 Å². The third-order valence-electron chi connectivity index (χ3n) is 5.04. The molecule has 0 atom stereocenters. The van der Waals surface area contributed by atoms with E-state index in [0.717, 1.165) is 16.8 Å². The van der Waals surface area contributed by atoms with Gasteiger partial charge in [-0.1, -0.05) is 72.8 Å². The van der Waals surface area contributed by atoms with Gasteiger partial charge in [0.25, 0.3) is 0 Å². The average molecular weight is 475 g/mol. The minimum Gasteiger partial charge on any atom is -0.444 e. The topological polar surface area (TPSA) is 82.7 Å². The average Bonchev–Trinajstić information content (AvgIpc) is 2.83. The summed E-state index contributed by atoms with van der Waals surface area (Å²) in [5.41, 5.74) is 2.89. The number of carbonyl (C=O) groups excluding carboxylic acids is 2.